The number of nitrogens with zero attached hydrogens (tertiary/aromatic N) is 3. The fraction of sp³-hybridized carbons (Fsp3) is 0.250. The fourth-order valence-corrected chi connectivity index (χ4v) is 3.38. The molecule has 1 saturated heterocycles. The maximum absolute atomic E-state index is 13.0. The zero-order valence-electron chi connectivity index (χ0n) is 15.4. The van der Waals surface area contributed by atoms with E-state index in [4.69, 9.17) is 5.41 Å². The van der Waals surface area contributed by atoms with Crippen molar-refractivity contribution in [3.05, 3.63) is 71.6 Å². The number of likely N-dealkylation sites (tertiary alicyclic amines) is 1. The molecule has 1 aliphatic rings. The normalized spacial score (nSPS) is 16.4. The van der Waals surface area contributed by atoms with E-state index < -0.39 is 0 Å². The molecule has 0 bridgehead atoms. The molecule has 0 radical (unpaired) electrons. The summed E-state index contributed by atoms with van der Waals surface area (Å²) in [5, 5.41) is 15.6. The first-order chi connectivity index (χ1) is 13.5. The Kier molecular flexibility index (Phi) is 4.68. The first-order valence-electron chi connectivity index (χ1n) is 9.11. The molecule has 0 saturated carbocycles. The first-order valence-corrected chi connectivity index (χ1v) is 9.11. The van der Waals surface area contributed by atoms with Crippen LogP contribution in [0.5, 0.6) is 0 Å². The van der Waals surface area contributed by atoms with Crippen molar-refractivity contribution in [2.24, 2.45) is 0 Å². The number of amides is 1. The van der Waals surface area contributed by atoms with Crippen LogP contribution in [0.2, 0.25) is 0 Å². The number of benzene rings is 1. The van der Waals surface area contributed by atoms with Gasteiger partial charge in [0.1, 0.15) is 11.7 Å². The van der Waals surface area contributed by atoms with Crippen molar-refractivity contribution >= 4 is 11.7 Å². The van der Waals surface area contributed by atoms with Crippen molar-refractivity contribution in [2.75, 3.05) is 13.1 Å². The third-order valence-corrected chi connectivity index (χ3v) is 4.94. The maximum Gasteiger partial charge on any atom is 0.272 e. The molecular weight excluding hydrogens is 359 g/mol. The molecule has 1 fully saturated rings. The molecule has 144 valence electrons. The van der Waals surface area contributed by atoms with Crippen molar-refractivity contribution in [1.82, 2.24) is 25.0 Å². The Morgan fingerprint density at radius 2 is 2.07 bits per heavy atom. The minimum atomic E-state index is -0.320. The van der Waals surface area contributed by atoms with E-state index >= 15 is 0 Å². The lowest BCUT2D eigenvalue weighted by Crippen LogP contribution is -2.38. The van der Waals surface area contributed by atoms with Gasteiger partial charge in [0.15, 0.2) is 5.69 Å². The second kappa shape index (κ2) is 7.30. The summed E-state index contributed by atoms with van der Waals surface area (Å²) in [6.45, 7) is 3.26. The molecule has 0 unspecified atom stereocenters. The minimum absolute atomic E-state index is 0.0425. The van der Waals surface area contributed by atoms with Crippen LogP contribution in [0.1, 0.15) is 28.2 Å². The van der Waals surface area contributed by atoms with E-state index in [0.717, 1.165) is 17.7 Å². The number of hydrogen-bond donors (Lipinski definition) is 3. The summed E-state index contributed by atoms with van der Waals surface area (Å²) in [5.74, 6) is -0.130. The highest BCUT2D eigenvalue weighted by atomic mass is 19.1. The maximum atomic E-state index is 13.0. The van der Waals surface area contributed by atoms with Gasteiger partial charge in [0, 0.05) is 31.5 Å². The van der Waals surface area contributed by atoms with Gasteiger partial charge in [0.25, 0.3) is 5.91 Å². The molecule has 3 heterocycles. The zero-order valence-corrected chi connectivity index (χ0v) is 15.4. The number of aromatic amines is 1. The van der Waals surface area contributed by atoms with Crippen molar-refractivity contribution in [2.45, 2.75) is 19.4 Å². The van der Waals surface area contributed by atoms with Crippen LogP contribution in [-0.2, 0) is 0 Å². The highest BCUT2D eigenvalue weighted by Gasteiger charge is 2.27. The van der Waals surface area contributed by atoms with Crippen LogP contribution in [0.3, 0.4) is 0 Å². The molecule has 1 atom stereocenters. The van der Waals surface area contributed by atoms with Crippen molar-refractivity contribution in [3.8, 4) is 5.69 Å². The molecule has 3 N–H and O–H groups in total. The standard InChI is InChI=1S/C20H21FN6O/c1-13-6-9-23-18(13)19(22)26-10-7-15(12-26)24-20(28)17-8-11-27(25-17)16-4-2-14(21)3-5-16/h2-6,8-9,11,15,22-23H,7,10,12H2,1H3,(H,24,28)/t15-/m0/s1. The quantitative estimate of drug-likeness (QED) is 0.480. The Bertz CT molecular complexity index is 1010. The molecule has 0 aliphatic carbocycles. The summed E-state index contributed by atoms with van der Waals surface area (Å²) < 4.78 is 14.6. The number of aryl methyl sites for hydroxylation is 1. The van der Waals surface area contributed by atoms with Gasteiger partial charge in [-0.2, -0.15) is 5.10 Å². The summed E-state index contributed by atoms with van der Waals surface area (Å²) in [6, 6.07) is 9.45. The number of H-pyrrole nitrogens is 1. The number of halogens is 1. The number of rotatable bonds is 4. The van der Waals surface area contributed by atoms with Crippen molar-refractivity contribution in [1.29, 1.82) is 5.41 Å². The predicted molar refractivity (Wildman–Crippen MR) is 103 cm³/mol. The number of nitrogens with one attached hydrogen (secondary N) is 3. The van der Waals surface area contributed by atoms with Gasteiger partial charge in [-0.3, -0.25) is 10.2 Å². The molecule has 1 aromatic carbocycles. The van der Waals surface area contributed by atoms with Crippen LogP contribution in [0, 0.1) is 18.2 Å². The van der Waals surface area contributed by atoms with Crippen LogP contribution in [0.4, 0.5) is 4.39 Å². The highest BCUT2D eigenvalue weighted by Crippen LogP contribution is 2.16. The Morgan fingerprint density at radius 3 is 2.79 bits per heavy atom. The van der Waals surface area contributed by atoms with Crippen LogP contribution < -0.4 is 5.32 Å². The largest absolute Gasteiger partial charge is 0.358 e. The van der Waals surface area contributed by atoms with Crippen molar-refractivity contribution in [3.63, 3.8) is 0 Å². The van der Waals surface area contributed by atoms with Gasteiger partial charge >= 0.3 is 0 Å². The van der Waals surface area contributed by atoms with E-state index in [1.807, 2.05) is 24.1 Å². The van der Waals surface area contributed by atoms with Crippen LogP contribution in [0.15, 0.2) is 48.8 Å². The van der Waals surface area contributed by atoms with E-state index in [-0.39, 0.29) is 17.8 Å². The molecule has 28 heavy (non-hydrogen) atoms. The highest BCUT2D eigenvalue weighted by molar-refractivity contribution is 5.96. The van der Waals surface area contributed by atoms with E-state index in [0.29, 0.717) is 30.3 Å². The summed E-state index contributed by atoms with van der Waals surface area (Å²) >= 11 is 0. The molecular formula is C20H21FN6O. The molecule has 3 aromatic rings. The lowest BCUT2D eigenvalue weighted by Gasteiger charge is -2.19. The van der Waals surface area contributed by atoms with Crippen LogP contribution in [0.25, 0.3) is 5.69 Å². The van der Waals surface area contributed by atoms with Crippen molar-refractivity contribution < 1.29 is 9.18 Å². The Morgan fingerprint density at radius 1 is 1.29 bits per heavy atom. The molecule has 1 amide bonds. The second-order valence-corrected chi connectivity index (χ2v) is 6.91. The smallest absolute Gasteiger partial charge is 0.272 e. The summed E-state index contributed by atoms with van der Waals surface area (Å²) in [4.78, 5) is 17.6. The topological polar surface area (TPSA) is 89.8 Å². The average Bonchev–Trinajstić information content (AvgIpc) is 3.42. The van der Waals surface area contributed by atoms with Gasteiger partial charge in [-0.05, 0) is 55.3 Å². The molecule has 0 spiro atoms. The van der Waals surface area contributed by atoms with Crippen LogP contribution >= 0.6 is 0 Å². The lowest BCUT2D eigenvalue weighted by atomic mass is 10.2. The number of amidine groups is 1. The zero-order chi connectivity index (χ0) is 19.7. The monoisotopic (exact) mass is 380 g/mol. The average molecular weight is 380 g/mol. The number of hydrogen-bond acceptors (Lipinski definition) is 3. The SMILES string of the molecule is Cc1cc[nH]c1C(=N)N1CC[C@H](NC(=O)c2ccn(-c3ccc(F)cc3)n2)C1. The molecule has 8 heteroatoms. The van der Waals surface area contributed by atoms with Gasteiger partial charge in [-0.1, -0.05) is 0 Å². The third kappa shape index (κ3) is 3.53. The van der Waals surface area contributed by atoms with E-state index in [1.54, 1.807) is 29.1 Å². The second-order valence-electron chi connectivity index (χ2n) is 6.91. The van der Waals surface area contributed by atoms with Gasteiger partial charge in [0.05, 0.1) is 11.4 Å². The summed E-state index contributed by atoms with van der Waals surface area (Å²) in [5.41, 5.74) is 2.83. The number of carbonyl (C=O) groups excluding carboxylic acids is 1. The molecule has 1 aliphatic heterocycles. The summed E-state index contributed by atoms with van der Waals surface area (Å²) in [6.07, 6.45) is 4.27. The molecule has 4 rings (SSSR count). The minimum Gasteiger partial charge on any atom is -0.358 e. The van der Waals surface area contributed by atoms with E-state index in [2.05, 4.69) is 15.4 Å². The molecule has 2 aromatic heterocycles. The molecule has 7 nitrogen and oxygen atoms in total. The van der Waals surface area contributed by atoms with Gasteiger partial charge < -0.3 is 15.2 Å². The van der Waals surface area contributed by atoms with Gasteiger partial charge in [-0.25, -0.2) is 9.07 Å². The van der Waals surface area contributed by atoms with E-state index in [1.165, 1.54) is 12.1 Å². The summed E-state index contributed by atoms with van der Waals surface area (Å²) in [7, 11) is 0. The Labute approximate surface area is 161 Å². The van der Waals surface area contributed by atoms with E-state index in [9.17, 15) is 9.18 Å². The number of aromatic nitrogens is 3. The first kappa shape index (κ1) is 18.0. The third-order valence-electron chi connectivity index (χ3n) is 4.94. The lowest BCUT2D eigenvalue weighted by molar-refractivity contribution is 0.0933. The fourth-order valence-electron chi connectivity index (χ4n) is 3.38. The van der Waals surface area contributed by atoms with Crippen LogP contribution in [-0.4, -0.2) is 50.5 Å². The predicted octanol–water partition coefficient (Wildman–Crippen LogP) is 2.48. The number of carbonyl (C=O) groups is 1. The van der Waals surface area contributed by atoms with Gasteiger partial charge in [-0.15, -0.1) is 0 Å². The Hall–Kier alpha value is -3.42. The van der Waals surface area contributed by atoms with Gasteiger partial charge in [0.2, 0.25) is 0 Å². The Balaban J connectivity index is 1.38.